The van der Waals surface area contributed by atoms with Crippen LogP contribution in [0.15, 0.2) is 54.6 Å². The number of aryl methyl sites for hydroxylation is 1. The highest BCUT2D eigenvalue weighted by atomic mass is 127. The van der Waals surface area contributed by atoms with Crippen molar-refractivity contribution in [2.45, 2.75) is 37.9 Å². The molecule has 0 amide bonds. The molecule has 2 aliphatic rings. The summed E-state index contributed by atoms with van der Waals surface area (Å²) in [4.78, 5) is 15.5. The molecule has 2 unspecified atom stereocenters. The van der Waals surface area contributed by atoms with Gasteiger partial charge in [-0.2, -0.15) is 0 Å². The summed E-state index contributed by atoms with van der Waals surface area (Å²) in [6.45, 7) is 3.00. The van der Waals surface area contributed by atoms with Crippen LogP contribution >= 0.6 is 30.3 Å². The van der Waals surface area contributed by atoms with E-state index in [9.17, 15) is 4.79 Å². The van der Waals surface area contributed by atoms with E-state index in [4.69, 9.17) is 0 Å². The highest BCUT2D eigenvalue weighted by Crippen LogP contribution is 2.48. The lowest BCUT2D eigenvalue weighted by molar-refractivity contribution is -0.132. The number of ketones is 1. The van der Waals surface area contributed by atoms with Gasteiger partial charge in [0.1, 0.15) is 5.78 Å². The normalized spacial score (nSPS) is 29.5. The zero-order chi connectivity index (χ0) is 19.0. The predicted octanol–water partition coefficient (Wildman–Crippen LogP) is 5.37. The maximum Gasteiger partial charge on any atom is 0.140 e. The Morgan fingerprint density at radius 2 is 1.74 bits per heavy atom. The molecule has 4 rings (SSSR count). The molecular formula is C22H25IN2OS. The van der Waals surface area contributed by atoms with Gasteiger partial charge in [0.25, 0.3) is 0 Å². The molecule has 0 bridgehead atoms. The van der Waals surface area contributed by atoms with E-state index in [1.54, 1.807) is 9.12 Å². The molecular weight excluding hydrogens is 467 g/mol. The number of Topliss-reactive ketones (excluding diaryl/α,β-unsaturated/α-hetero) is 1. The van der Waals surface area contributed by atoms with Crippen LogP contribution in [0.4, 0.5) is 0 Å². The second kappa shape index (κ2) is 8.23. The van der Waals surface area contributed by atoms with Crippen LogP contribution in [0.1, 0.15) is 41.6 Å². The lowest BCUT2D eigenvalue weighted by Gasteiger charge is -2.50. The topological polar surface area (TPSA) is 23.6 Å². The van der Waals surface area contributed by atoms with Gasteiger partial charge in [0.05, 0.1) is 6.04 Å². The first kappa shape index (κ1) is 19.4. The minimum absolute atomic E-state index is 0.109. The number of piperidine rings is 2. The van der Waals surface area contributed by atoms with E-state index in [2.05, 4.69) is 99.0 Å². The van der Waals surface area contributed by atoms with E-state index in [1.807, 2.05) is 0 Å². The van der Waals surface area contributed by atoms with Crippen LogP contribution in [0, 0.1) is 12.8 Å². The average Bonchev–Trinajstić information content (AvgIpc) is 2.69. The molecule has 2 aliphatic heterocycles. The molecule has 142 valence electrons. The van der Waals surface area contributed by atoms with Gasteiger partial charge in [0.15, 0.2) is 0 Å². The summed E-state index contributed by atoms with van der Waals surface area (Å²) in [5.41, 5.74) is 3.92. The van der Waals surface area contributed by atoms with E-state index in [1.165, 1.54) is 16.7 Å². The maximum absolute atomic E-state index is 13.1. The monoisotopic (exact) mass is 492 g/mol. The largest absolute Gasteiger partial charge is 0.299 e. The molecule has 2 aromatic carbocycles. The number of fused-ring (bicyclic) bond motifs is 1. The van der Waals surface area contributed by atoms with E-state index in [0.717, 1.165) is 13.0 Å². The molecule has 0 spiro atoms. The van der Waals surface area contributed by atoms with Gasteiger partial charge in [-0.1, -0.05) is 54.6 Å². The fraction of sp³-hybridized carbons (Fsp3) is 0.409. The van der Waals surface area contributed by atoms with Crippen LogP contribution in [0.2, 0.25) is 0 Å². The number of halogens is 1. The first-order chi connectivity index (χ1) is 13.1. The standard InChI is InChI=1S/C22H25IN2OS/c1-15-8-6-7-11-17(15)21-13-22(26)18-14-24(2)19(12-20(18)25(21)27-23)16-9-4-3-5-10-16/h3-11,18-21H,12-14H2,1-2H3/t18-,19?,20+,21?/m1/s1. The Bertz CT molecular complexity index is 815. The fourth-order valence-corrected chi connectivity index (χ4v) is 7.09. The fourth-order valence-electron chi connectivity index (χ4n) is 4.77. The number of rotatable bonds is 3. The molecule has 27 heavy (non-hydrogen) atoms. The molecule has 2 saturated heterocycles. The van der Waals surface area contributed by atoms with Crippen molar-refractivity contribution >= 4 is 36.1 Å². The Morgan fingerprint density at radius 1 is 1.04 bits per heavy atom. The van der Waals surface area contributed by atoms with Gasteiger partial charge < -0.3 is 0 Å². The molecule has 5 heteroatoms. The second-order valence-corrected chi connectivity index (χ2v) is 9.49. The lowest BCUT2D eigenvalue weighted by atomic mass is 9.76. The van der Waals surface area contributed by atoms with Crippen molar-refractivity contribution in [2.75, 3.05) is 13.6 Å². The van der Waals surface area contributed by atoms with Gasteiger partial charge >= 0.3 is 0 Å². The molecule has 2 aromatic rings. The van der Waals surface area contributed by atoms with Crippen molar-refractivity contribution in [3.63, 3.8) is 0 Å². The number of nitrogens with zero attached hydrogens (tertiary/aromatic N) is 2. The zero-order valence-electron chi connectivity index (χ0n) is 15.7. The smallest absolute Gasteiger partial charge is 0.140 e. The molecule has 0 aromatic heterocycles. The highest BCUT2D eigenvalue weighted by Gasteiger charge is 2.48. The predicted molar refractivity (Wildman–Crippen MR) is 121 cm³/mol. The number of benzene rings is 2. The van der Waals surface area contributed by atoms with Crippen molar-refractivity contribution in [2.24, 2.45) is 5.92 Å². The SMILES string of the molecule is Cc1ccccc1C1CC(=O)[C@@H]2CN(C)C(c3ccccc3)C[C@@H]2N1SI. The van der Waals surface area contributed by atoms with Crippen LogP contribution in [0.5, 0.6) is 0 Å². The third-order valence-corrected chi connectivity index (χ3v) is 8.25. The van der Waals surface area contributed by atoms with E-state index in [-0.39, 0.29) is 18.0 Å². The van der Waals surface area contributed by atoms with Crippen molar-refractivity contribution in [3.8, 4) is 0 Å². The molecule has 2 heterocycles. The van der Waals surface area contributed by atoms with E-state index in [0.29, 0.717) is 18.2 Å². The molecule has 4 atom stereocenters. The van der Waals surface area contributed by atoms with Crippen LogP contribution in [0.25, 0.3) is 0 Å². The van der Waals surface area contributed by atoms with Crippen LogP contribution in [0.3, 0.4) is 0 Å². The van der Waals surface area contributed by atoms with Gasteiger partial charge in [-0.3, -0.25) is 9.69 Å². The third-order valence-electron chi connectivity index (χ3n) is 6.20. The highest BCUT2D eigenvalue weighted by molar-refractivity contribution is 14.2. The number of hydrogen-bond donors (Lipinski definition) is 0. The Balaban J connectivity index is 1.67. The number of likely N-dealkylation sites (tertiary alicyclic amines) is 1. The van der Waals surface area contributed by atoms with Gasteiger partial charge in [0.2, 0.25) is 0 Å². The van der Waals surface area contributed by atoms with Gasteiger partial charge in [-0.05, 0) is 46.2 Å². The van der Waals surface area contributed by atoms with Gasteiger partial charge in [-0.25, -0.2) is 4.31 Å². The Kier molecular flexibility index (Phi) is 5.92. The van der Waals surface area contributed by atoms with Crippen LogP contribution in [-0.2, 0) is 4.79 Å². The summed E-state index contributed by atoms with van der Waals surface area (Å²) in [7, 11) is 3.94. The van der Waals surface area contributed by atoms with Crippen molar-refractivity contribution < 1.29 is 4.79 Å². The molecule has 0 radical (unpaired) electrons. The van der Waals surface area contributed by atoms with E-state index >= 15 is 0 Å². The summed E-state index contributed by atoms with van der Waals surface area (Å²) < 4.78 is 2.51. The summed E-state index contributed by atoms with van der Waals surface area (Å²) in [5, 5.41) is 0. The van der Waals surface area contributed by atoms with E-state index < -0.39 is 0 Å². The zero-order valence-corrected chi connectivity index (χ0v) is 18.7. The second-order valence-electron chi connectivity index (χ2n) is 7.75. The number of carbonyl (C=O) groups excluding carboxylic acids is 1. The van der Waals surface area contributed by atoms with Crippen LogP contribution in [-0.4, -0.2) is 34.6 Å². The molecule has 2 fully saturated rings. The molecule has 3 nitrogen and oxygen atoms in total. The first-order valence-electron chi connectivity index (χ1n) is 9.50. The summed E-state index contributed by atoms with van der Waals surface area (Å²) >= 11 is 2.40. The molecule has 0 N–H and O–H groups in total. The minimum atomic E-state index is 0.109. The Labute approximate surface area is 178 Å². The minimum Gasteiger partial charge on any atom is -0.299 e. The van der Waals surface area contributed by atoms with Crippen molar-refractivity contribution in [1.82, 2.24) is 9.21 Å². The summed E-state index contributed by atoms with van der Waals surface area (Å²) in [6.07, 6.45) is 1.61. The number of carbonyl (C=O) groups is 1. The first-order valence-corrected chi connectivity index (χ1v) is 12.8. The molecule has 0 saturated carbocycles. The Hall–Kier alpha value is -0.890. The third kappa shape index (κ3) is 3.71. The maximum atomic E-state index is 13.1. The van der Waals surface area contributed by atoms with Gasteiger partial charge in [0, 0.05) is 52.2 Å². The van der Waals surface area contributed by atoms with Crippen molar-refractivity contribution in [3.05, 3.63) is 71.3 Å². The lowest BCUT2D eigenvalue weighted by Crippen LogP contribution is -2.56. The van der Waals surface area contributed by atoms with Crippen molar-refractivity contribution in [1.29, 1.82) is 0 Å². The summed E-state index contributed by atoms with van der Waals surface area (Å²) in [5.74, 6) is 0.533. The quantitative estimate of drug-likeness (QED) is 0.425. The average molecular weight is 492 g/mol. The van der Waals surface area contributed by atoms with Crippen LogP contribution < -0.4 is 0 Å². The molecule has 0 aliphatic carbocycles. The Morgan fingerprint density at radius 3 is 2.44 bits per heavy atom. The summed E-state index contributed by atoms with van der Waals surface area (Å²) in [6, 6.07) is 20.1. The van der Waals surface area contributed by atoms with Gasteiger partial charge in [-0.15, -0.1) is 0 Å². The number of hydrogen-bond acceptors (Lipinski definition) is 4.